The Morgan fingerprint density at radius 3 is 2.89 bits per heavy atom. The summed E-state index contributed by atoms with van der Waals surface area (Å²) in [6, 6.07) is 13.1. The summed E-state index contributed by atoms with van der Waals surface area (Å²) < 4.78 is 0. The van der Waals surface area contributed by atoms with Crippen LogP contribution in [-0.4, -0.2) is 11.7 Å². The smallest absolute Gasteiger partial charge is 0.234 e. The van der Waals surface area contributed by atoms with E-state index in [1.165, 1.54) is 4.88 Å². The van der Waals surface area contributed by atoms with Gasteiger partial charge in [0.2, 0.25) is 5.91 Å². The molecule has 5 heteroatoms. The number of anilines is 1. The summed E-state index contributed by atoms with van der Waals surface area (Å²) in [7, 11) is 0. The molecule has 1 N–H and O–H groups in total. The molecule has 1 aromatic heterocycles. The Hall–Kier alpha value is -1.77. The van der Waals surface area contributed by atoms with Gasteiger partial charge in [-0.3, -0.25) is 4.79 Å². The van der Waals surface area contributed by atoms with Crippen LogP contribution < -0.4 is 5.32 Å². The van der Waals surface area contributed by atoms with Gasteiger partial charge in [-0.25, -0.2) is 0 Å². The summed E-state index contributed by atoms with van der Waals surface area (Å²) in [6.07, 6.45) is 0. The number of carbonyl (C=O) groups is 1. The zero-order valence-corrected chi connectivity index (χ0v) is 11.8. The summed E-state index contributed by atoms with van der Waals surface area (Å²) in [6.45, 7) is 0. The van der Waals surface area contributed by atoms with Crippen molar-refractivity contribution >= 4 is 34.7 Å². The van der Waals surface area contributed by atoms with Gasteiger partial charge in [-0.1, -0.05) is 18.2 Å². The minimum absolute atomic E-state index is 0.0794. The number of rotatable bonds is 5. The Balaban J connectivity index is 1.83. The first-order valence-electron chi connectivity index (χ1n) is 5.68. The quantitative estimate of drug-likeness (QED) is 0.916. The van der Waals surface area contributed by atoms with Crippen molar-refractivity contribution in [3.05, 3.63) is 52.2 Å². The van der Waals surface area contributed by atoms with Gasteiger partial charge in [0.1, 0.15) is 6.07 Å². The van der Waals surface area contributed by atoms with Gasteiger partial charge in [-0.2, -0.15) is 5.26 Å². The van der Waals surface area contributed by atoms with Gasteiger partial charge in [-0.05, 0) is 23.6 Å². The fraction of sp³-hybridized carbons (Fsp3) is 0.143. The van der Waals surface area contributed by atoms with Crippen LogP contribution in [0.2, 0.25) is 0 Å². The van der Waals surface area contributed by atoms with E-state index in [0.29, 0.717) is 17.0 Å². The second kappa shape index (κ2) is 6.98. The average molecular weight is 288 g/mol. The van der Waals surface area contributed by atoms with Crippen LogP contribution in [-0.2, 0) is 10.5 Å². The number of hydrogen-bond donors (Lipinski definition) is 1. The fourth-order valence-electron chi connectivity index (χ4n) is 1.51. The number of nitrogens with zero attached hydrogens (tertiary/aromatic N) is 1. The molecular formula is C14H12N2OS2. The first kappa shape index (κ1) is 13.7. The van der Waals surface area contributed by atoms with Crippen molar-refractivity contribution in [2.75, 3.05) is 11.1 Å². The Kier molecular flexibility index (Phi) is 5.01. The SMILES string of the molecule is N#Cc1ccccc1NC(=O)CSCc1cccs1. The maximum atomic E-state index is 11.8. The first-order chi connectivity index (χ1) is 9.29. The van der Waals surface area contributed by atoms with Crippen LogP contribution >= 0.6 is 23.1 Å². The van der Waals surface area contributed by atoms with Crippen LogP contribution in [0.25, 0.3) is 0 Å². The molecule has 3 nitrogen and oxygen atoms in total. The second-order valence-electron chi connectivity index (χ2n) is 3.78. The third-order valence-electron chi connectivity index (χ3n) is 2.38. The van der Waals surface area contributed by atoms with Gasteiger partial charge < -0.3 is 5.32 Å². The van der Waals surface area contributed by atoms with Gasteiger partial charge in [0, 0.05) is 10.6 Å². The van der Waals surface area contributed by atoms with Crippen molar-refractivity contribution in [3.63, 3.8) is 0 Å². The number of amides is 1. The van der Waals surface area contributed by atoms with Gasteiger partial charge in [0.25, 0.3) is 0 Å². The van der Waals surface area contributed by atoms with Crippen molar-refractivity contribution in [2.24, 2.45) is 0 Å². The number of thiophene rings is 1. The van der Waals surface area contributed by atoms with Crippen LogP contribution in [0.5, 0.6) is 0 Å². The molecule has 1 aromatic carbocycles. The highest BCUT2D eigenvalue weighted by Gasteiger charge is 2.06. The summed E-state index contributed by atoms with van der Waals surface area (Å²) in [4.78, 5) is 13.0. The zero-order valence-electron chi connectivity index (χ0n) is 10.1. The van der Waals surface area contributed by atoms with Crippen molar-refractivity contribution in [3.8, 4) is 6.07 Å². The van der Waals surface area contributed by atoms with Crippen LogP contribution in [0.3, 0.4) is 0 Å². The highest BCUT2D eigenvalue weighted by Crippen LogP contribution is 2.18. The highest BCUT2D eigenvalue weighted by molar-refractivity contribution is 7.99. The molecule has 0 aliphatic rings. The van der Waals surface area contributed by atoms with Crippen LogP contribution in [0.1, 0.15) is 10.4 Å². The first-order valence-corrected chi connectivity index (χ1v) is 7.72. The minimum atomic E-state index is -0.0794. The van der Waals surface area contributed by atoms with Gasteiger partial charge in [0.15, 0.2) is 0 Å². The number of hydrogen-bond acceptors (Lipinski definition) is 4. The van der Waals surface area contributed by atoms with E-state index >= 15 is 0 Å². The maximum Gasteiger partial charge on any atom is 0.234 e. The second-order valence-corrected chi connectivity index (χ2v) is 5.80. The molecule has 1 amide bonds. The number of thioether (sulfide) groups is 1. The lowest BCUT2D eigenvalue weighted by molar-refractivity contribution is -0.113. The lowest BCUT2D eigenvalue weighted by Crippen LogP contribution is -2.14. The molecule has 0 fully saturated rings. The Bertz CT molecular complexity index is 588. The zero-order chi connectivity index (χ0) is 13.5. The van der Waals surface area contributed by atoms with Crippen LogP contribution in [0, 0.1) is 11.3 Å². The molecule has 2 aromatic rings. The Morgan fingerprint density at radius 1 is 1.32 bits per heavy atom. The van der Waals surface area contributed by atoms with Gasteiger partial charge in [0.05, 0.1) is 17.0 Å². The van der Waals surface area contributed by atoms with E-state index < -0.39 is 0 Å². The molecule has 0 spiro atoms. The molecule has 96 valence electrons. The molecule has 0 aliphatic heterocycles. The van der Waals surface area contributed by atoms with Crippen molar-refractivity contribution in [2.45, 2.75) is 5.75 Å². The van der Waals surface area contributed by atoms with E-state index in [1.807, 2.05) is 11.4 Å². The van der Waals surface area contributed by atoms with Crippen molar-refractivity contribution in [1.82, 2.24) is 0 Å². The van der Waals surface area contributed by atoms with E-state index in [0.717, 1.165) is 5.75 Å². The molecule has 0 saturated heterocycles. The van der Waals surface area contributed by atoms with Crippen LogP contribution in [0.4, 0.5) is 5.69 Å². The summed E-state index contributed by atoms with van der Waals surface area (Å²) in [5.41, 5.74) is 1.06. The molecule has 2 rings (SSSR count). The fourth-order valence-corrected chi connectivity index (χ4v) is 3.18. The van der Waals surface area contributed by atoms with Crippen molar-refractivity contribution < 1.29 is 4.79 Å². The molecule has 0 aliphatic carbocycles. The number of nitrogens with one attached hydrogen (secondary N) is 1. The number of carbonyl (C=O) groups excluding carboxylic acids is 1. The molecule has 0 unspecified atom stereocenters. The predicted molar refractivity (Wildman–Crippen MR) is 80.3 cm³/mol. The topological polar surface area (TPSA) is 52.9 Å². The standard InChI is InChI=1S/C14H12N2OS2/c15-8-11-4-1-2-6-13(11)16-14(17)10-18-9-12-5-3-7-19-12/h1-7H,9-10H2,(H,16,17). The molecule has 1 heterocycles. The van der Waals surface area contributed by atoms with Crippen molar-refractivity contribution in [1.29, 1.82) is 5.26 Å². The molecule has 0 atom stereocenters. The highest BCUT2D eigenvalue weighted by atomic mass is 32.2. The summed E-state index contributed by atoms with van der Waals surface area (Å²) in [5, 5.41) is 13.7. The van der Waals surface area contributed by atoms with E-state index in [-0.39, 0.29) is 5.91 Å². The Labute approximate surface area is 120 Å². The number of benzene rings is 1. The monoisotopic (exact) mass is 288 g/mol. The third-order valence-corrected chi connectivity index (χ3v) is 4.42. The molecule has 19 heavy (non-hydrogen) atoms. The molecule has 0 radical (unpaired) electrons. The predicted octanol–water partition coefficient (Wildman–Crippen LogP) is 3.49. The average Bonchev–Trinajstić information content (AvgIpc) is 2.92. The normalized spacial score (nSPS) is 9.84. The van der Waals surface area contributed by atoms with Gasteiger partial charge in [-0.15, -0.1) is 23.1 Å². The largest absolute Gasteiger partial charge is 0.324 e. The molecule has 0 saturated carbocycles. The lowest BCUT2D eigenvalue weighted by atomic mass is 10.2. The van der Waals surface area contributed by atoms with E-state index in [9.17, 15) is 4.79 Å². The molecular weight excluding hydrogens is 276 g/mol. The lowest BCUT2D eigenvalue weighted by Gasteiger charge is -2.06. The van der Waals surface area contributed by atoms with E-state index in [2.05, 4.69) is 17.5 Å². The summed E-state index contributed by atoms with van der Waals surface area (Å²) >= 11 is 3.26. The van der Waals surface area contributed by atoms with Crippen LogP contribution in [0.15, 0.2) is 41.8 Å². The minimum Gasteiger partial charge on any atom is -0.324 e. The number of nitriles is 1. The van der Waals surface area contributed by atoms with E-state index in [4.69, 9.17) is 5.26 Å². The van der Waals surface area contributed by atoms with Gasteiger partial charge >= 0.3 is 0 Å². The Morgan fingerprint density at radius 2 is 2.16 bits per heavy atom. The number of para-hydroxylation sites is 1. The summed E-state index contributed by atoms with van der Waals surface area (Å²) in [5.74, 6) is 1.15. The third kappa shape index (κ3) is 4.12. The van der Waals surface area contributed by atoms with E-state index in [1.54, 1.807) is 47.4 Å². The maximum absolute atomic E-state index is 11.8. The molecule has 0 bridgehead atoms.